The molecule has 0 bridgehead atoms. The fourth-order valence-corrected chi connectivity index (χ4v) is 5.79. The van der Waals surface area contributed by atoms with Gasteiger partial charge >= 0.3 is 12.1 Å². The summed E-state index contributed by atoms with van der Waals surface area (Å²) in [5.74, 6) is -2.05. The molecule has 0 saturated carbocycles. The number of aliphatic carboxylic acids is 1. The van der Waals surface area contributed by atoms with Crippen LogP contribution in [0.25, 0.3) is 0 Å². The molecule has 2 N–H and O–H groups in total. The molecular weight excluding hydrogens is 501 g/mol. The highest BCUT2D eigenvalue weighted by atomic mass is 32.2. The zero-order valence-electron chi connectivity index (χ0n) is 17.6. The summed E-state index contributed by atoms with van der Waals surface area (Å²) in [6, 6.07) is -0.178. The SMILES string of the molecule is Cc1cc(C(F)(F)F)nn1CC(=O)N[C@@H]1C(=O)N2C(C(=O)O)=C(CSc3nnnn3C)CS[C@@H]12. The zero-order chi connectivity index (χ0) is 24.8. The topological polar surface area (TPSA) is 148 Å². The predicted molar refractivity (Wildman–Crippen MR) is 111 cm³/mol. The summed E-state index contributed by atoms with van der Waals surface area (Å²) in [6.45, 7) is 0.863. The molecule has 2 aliphatic rings. The maximum absolute atomic E-state index is 12.8. The van der Waals surface area contributed by atoms with Crippen LogP contribution in [-0.2, 0) is 34.2 Å². The van der Waals surface area contributed by atoms with Crippen molar-refractivity contribution >= 4 is 41.3 Å². The Hall–Kier alpha value is -3.08. The van der Waals surface area contributed by atoms with E-state index in [-0.39, 0.29) is 17.1 Å². The van der Waals surface area contributed by atoms with E-state index in [0.717, 1.165) is 15.6 Å². The van der Waals surface area contributed by atoms with Crippen molar-refractivity contribution in [2.75, 3.05) is 11.5 Å². The molecule has 34 heavy (non-hydrogen) atoms. The van der Waals surface area contributed by atoms with E-state index < -0.39 is 47.6 Å². The third-order valence-corrected chi connectivity index (χ3v) is 7.52. The molecule has 0 spiro atoms. The van der Waals surface area contributed by atoms with Crippen LogP contribution in [0.2, 0.25) is 0 Å². The Bertz CT molecular complexity index is 1190. The number of rotatable bonds is 7. The van der Waals surface area contributed by atoms with Gasteiger partial charge in [-0.05, 0) is 29.0 Å². The first-order chi connectivity index (χ1) is 16.0. The van der Waals surface area contributed by atoms with Crippen molar-refractivity contribution in [1.29, 1.82) is 0 Å². The summed E-state index contributed by atoms with van der Waals surface area (Å²) in [6.07, 6.45) is -4.64. The Labute approximate surface area is 197 Å². The van der Waals surface area contributed by atoms with Crippen LogP contribution in [0.1, 0.15) is 11.4 Å². The van der Waals surface area contributed by atoms with E-state index in [4.69, 9.17) is 0 Å². The zero-order valence-corrected chi connectivity index (χ0v) is 19.2. The second-order valence-electron chi connectivity index (χ2n) is 7.41. The van der Waals surface area contributed by atoms with Crippen molar-refractivity contribution in [1.82, 2.24) is 40.2 Å². The number of alkyl halides is 3. The summed E-state index contributed by atoms with van der Waals surface area (Å²) in [5, 5.41) is 26.5. The molecule has 2 aliphatic heterocycles. The molecule has 1 saturated heterocycles. The molecule has 1 fully saturated rings. The van der Waals surface area contributed by atoms with Crippen LogP contribution in [0.4, 0.5) is 13.2 Å². The van der Waals surface area contributed by atoms with Crippen LogP contribution in [0.3, 0.4) is 0 Å². The molecule has 12 nitrogen and oxygen atoms in total. The molecule has 4 rings (SSSR count). The van der Waals surface area contributed by atoms with Crippen LogP contribution in [0.15, 0.2) is 22.5 Å². The molecule has 182 valence electrons. The van der Waals surface area contributed by atoms with Gasteiger partial charge in [0.1, 0.15) is 23.7 Å². The van der Waals surface area contributed by atoms with Gasteiger partial charge in [0.2, 0.25) is 11.1 Å². The third-order valence-electron chi connectivity index (χ3n) is 5.09. The van der Waals surface area contributed by atoms with Crippen LogP contribution < -0.4 is 5.32 Å². The quantitative estimate of drug-likeness (QED) is 0.386. The number of β-lactam (4-membered cyclic amide) rings is 1. The number of carbonyl (C=O) groups is 3. The number of carboxylic acid groups (broad SMARTS) is 1. The number of hydrogen-bond acceptors (Lipinski definition) is 9. The van der Waals surface area contributed by atoms with Gasteiger partial charge in [0, 0.05) is 24.2 Å². The number of hydrogen-bond donors (Lipinski definition) is 2. The van der Waals surface area contributed by atoms with Crippen molar-refractivity contribution in [3.63, 3.8) is 0 Å². The van der Waals surface area contributed by atoms with Crippen molar-refractivity contribution < 1.29 is 32.7 Å². The lowest BCUT2D eigenvalue weighted by Crippen LogP contribution is -2.70. The van der Waals surface area contributed by atoms with Gasteiger partial charge in [0.05, 0.1) is 0 Å². The minimum absolute atomic E-state index is 0.132. The predicted octanol–water partition coefficient (Wildman–Crippen LogP) is 0.265. The molecule has 17 heteroatoms. The van der Waals surface area contributed by atoms with Gasteiger partial charge < -0.3 is 10.4 Å². The van der Waals surface area contributed by atoms with Crippen LogP contribution in [0.5, 0.6) is 0 Å². The molecule has 0 unspecified atom stereocenters. The second-order valence-corrected chi connectivity index (χ2v) is 9.46. The molecule has 4 heterocycles. The lowest BCUT2D eigenvalue weighted by molar-refractivity contribution is -0.150. The van der Waals surface area contributed by atoms with Gasteiger partial charge in [-0.25, -0.2) is 9.48 Å². The highest BCUT2D eigenvalue weighted by molar-refractivity contribution is 8.01. The fraction of sp³-hybridized carbons (Fsp3) is 0.471. The van der Waals surface area contributed by atoms with Crippen LogP contribution in [0, 0.1) is 6.92 Å². The first-order valence-corrected chi connectivity index (χ1v) is 11.7. The van der Waals surface area contributed by atoms with E-state index in [9.17, 15) is 32.7 Å². The molecule has 2 amide bonds. The summed E-state index contributed by atoms with van der Waals surface area (Å²) >= 11 is 2.50. The largest absolute Gasteiger partial charge is 0.477 e. The van der Waals surface area contributed by atoms with Gasteiger partial charge in [0.15, 0.2) is 5.69 Å². The molecular formula is C17H17F3N8O4S2. The average molecular weight is 519 g/mol. The lowest BCUT2D eigenvalue weighted by atomic mass is 10.0. The van der Waals surface area contributed by atoms with Gasteiger partial charge in [0.25, 0.3) is 5.91 Å². The number of aryl methyl sites for hydroxylation is 2. The number of thioether (sulfide) groups is 2. The molecule has 2 atom stereocenters. The third kappa shape index (κ3) is 4.48. The normalized spacial score (nSPS) is 20.3. The standard InChI is InChI=1S/C17H17F3N8O4S2/c1-7-3-9(17(18,19)20)23-27(7)4-10(29)21-11-13(30)28-12(15(31)32)8(5-33-14(11)28)6-34-16-22-24-25-26(16)2/h3,11,14H,4-6H2,1-2H3,(H,21,29)(H,31,32)/t11-,14+/m1/s1. The summed E-state index contributed by atoms with van der Waals surface area (Å²) in [4.78, 5) is 38.2. The Balaban J connectivity index is 1.43. The number of nitrogens with zero attached hydrogens (tertiary/aromatic N) is 7. The van der Waals surface area contributed by atoms with Crippen molar-refractivity contribution in [2.45, 2.75) is 36.2 Å². The van der Waals surface area contributed by atoms with Gasteiger partial charge in [-0.3, -0.25) is 19.2 Å². The monoisotopic (exact) mass is 518 g/mol. The number of carboxylic acids is 1. The summed E-state index contributed by atoms with van der Waals surface area (Å²) in [7, 11) is 1.64. The van der Waals surface area contributed by atoms with Crippen molar-refractivity contribution in [2.24, 2.45) is 7.05 Å². The number of nitrogens with one attached hydrogen (secondary N) is 1. The smallest absolute Gasteiger partial charge is 0.435 e. The number of halogens is 3. The number of amides is 2. The van der Waals surface area contributed by atoms with E-state index in [1.165, 1.54) is 35.1 Å². The van der Waals surface area contributed by atoms with E-state index in [1.54, 1.807) is 7.05 Å². The molecule has 0 aliphatic carbocycles. The maximum Gasteiger partial charge on any atom is 0.435 e. The Morgan fingerprint density at radius 1 is 1.38 bits per heavy atom. The first-order valence-electron chi connectivity index (χ1n) is 9.63. The van der Waals surface area contributed by atoms with E-state index in [1.807, 2.05) is 0 Å². The summed E-state index contributed by atoms with van der Waals surface area (Å²) in [5.41, 5.74) is -0.635. The highest BCUT2D eigenvalue weighted by Gasteiger charge is 2.54. The van der Waals surface area contributed by atoms with E-state index in [0.29, 0.717) is 16.5 Å². The minimum atomic E-state index is -4.64. The van der Waals surface area contributed by atoms with E-state index >= 15 is 0 Å². The van der Waals surface area contributed by atoms with Crippen LogP contribution in [-0.4, -0.2) is 80.7 Å². The fourth-order valence-electron chi connectivity index (χ4n) is 3.45. The Morgan fingerprint density at radius 2 is 2.12 bits per heavy atom. The number of carbonyl (C=O) groups excluding carboxylic acids is 2. The van der Waals surface area contributed by atoms with Gasteiger partial charge in [-0.1, -0.05) is 11.8 Å². The highest BCUT2D eigenvalue weighted by Crippen LogP contribution is 2.41. The van der Waals surface area contributed by atoms with Gasteiger partial charge in [-0.15, -0.1) is 16.9 Å². The van der Waals surface area contributed by atoms with Crippen LogP contribution >= 0.6 is 23.5 Å². The number of aromatic nitrogens is 6. The van der Waals surface area contributed by atoms with Gasteiger partial charge in [-0.2, -0.15) is 18.3 Å². The average Bonchev–Trinajstić information content (AvgIpc) is 3.34. The first kappa shape index (κ1) is 24.1. The number of fused-ring (bicyclic) bond motifs is 1. The molecule has 2 aromatic heterocycles. The summed E-state index contributed by atoms with van der Waals surface area (Å²) < 4.78 is 40.8. The Morgan fingerprint density at radius 3 is 2.71 bits per heavy atom. The van der Waals surface area contributed by atoms with E-state index in [2.05, 4.69) is 25.9 Å². The number of tetrazole rings is 1. The molecule has 0 aromatic carbocycles. The maximum atomic E-state index is 12.8. The molecule has 2 aromatic rings. The lowest BCUT2D eigenvalue weighted by Gasteiger charge is -2.49. The second kappa shape index (κ2) is 8.94. The van der Waals surface area contributed by atoms with Crippen molar-refractivity contribution in [3.05, 3.63) is 28.7 Å². The molecule has 0 radical (unpaired) electrons. The minimum Gasteiger partial charge on any atom is -0.477 e. The Kier molecular flexibility index (Phi) is 6.32. The van der Waals surface area contributed by atoms with Crippen molar-refractivity contribution in [3.8, 4) is 0 Å².